The van der Waals surface area contributed by atoms with Crippen molar-refractivity contribution < 1.29 is 9.59 Å². The lowest BCUT2D eigenvalue weighted by Gasteiger charge is -2.26. The Bertz CT molecular complexity index is 565. The quantitative estimate of drug-likeness (QED) is 0.629. The van der Waals surface area contributed by atoms with Gasteiger partial charge in [-0.15, -0.1) is 0 Å². The Hall–Kier alpha value is -1.66. The minimum Gasteiger partial charge on any atom is -0.352 e. The SMILES string of the molecule is CN(C)C(=O)C1CCCN1CCCNC(=O)c1cccnc1Cl. The first-order valence-corrected chi connectivity index (χ1v) is 8.22. The average Bonchev–Trinajstić information content (AvgIpc) is 2.99. The molecule has 1 aliphatic heterocycles. The molecule has 2 heterocycles. The number of likely N-dealkylation sites (tertiary alicyclic amines) is 1. The van der Waals surface area contributed by atoms with Gasteiger partial charge in [0.1, 0.15) is 5.15 Å². The van der Waals surface area contributed by atoms with E-state index in [2.05, 4.69) is 15.2 Å². The Morgan fingerprint density at radius 1 is 1.48 bits per heavy atom. The van der Waals surface area contributed by atoms with Crippen LogP contribution in [-0.4, -0.2) is 66.4 Å². The van der Waals surface area contributed by atoms with Crippen LogP contribution in [0.1, 0.15) is 29.6 Å². The van der Waals surface area contributed by atoms with Crippen molar-refractivity contribution in [3.8, 4) is 0 Å². The number of pyridine rings is 1. The van der Waals surface area contributed by atoms with Crippen LogP contribution >= 0.6 is 11.6 Å². The van der Waals surface area contributed by atoms with Crippen molar-refractivity contribution in [2.75, 3.05) is 33.7 Å². The molecule has 0 aliphatic carbocycles. The molecule has 2 rings (SSSR count). The van der Waals surface area contributed by atoms with Gasteiger partial charge in [0.05, 0.1) is 11.6 Å². The van der Waals surface area contributed by atoms with Crippen LogP contribution in [0.5, 0.6) is 0 Å². The van der Waals surface area contributed by atoms with Crippen molar-refractivity contribution in [2.45, 2.75) is 25.3 Å². The number of hydrogen-bond donors (Lipinski definition) is 1. The molecule has 1 aromatic heterocycles. The summed E-state index contributed by atoms with van der Waals surface area (Å²) < 4.78 is 0. The van der Waals surface area contributed by atoms with Crippen molar-refractivity contribution in [1.82, 2.24) is 20.1 Å². The summed E-state index contributed by atoms with van der Waals surface area (Å²) in [6, 6.07) is 3.31. The van der Waals surface area contributed by atoms with E-state index in [9.17, 15) is 9.59 Å². The first-order valence-electron chi connectivity index (χ1n) is 7.84. The lowest BCUT2D eigenvalue weighted by Crippen LogP contribution is -2.43. The summed E-state index contributed by atoms with van der Waals surface area (Å²) >= 11 is 5.90. The molecule has 7 heteroatoms. The van der Waals surface area contributed by atoms with Crippen molar-refractivity contribution in [3.63, 3.8) is 0 Å². The fourth-order valence-corrected chi connectivity index (χ4v) is 3.01. The normalized spacial score (nSPS) is 18.0. The van der Waals surface area contributed by atoms with Gasteiger partial charge in [0, 0.05) is 33.4 Å². The number of carbonyl (C=O) groups excluding carboxylic acids is 2. The van der Waals surface area contributed by atoms with Crippen molar-refractivity contribution in [2.24, 2.45) is 0 Å². The molecule has 23 heavy (non-hydrogen) atoms. The first kappa shape index (κ1) is 17.7. The molecule has 1 unspecified atom stereocenters. The van der Waals surface area contributed by atoms with Gasteiger partial charge in [-0.2, -0.15) is 0 Å². The minimum absolute atomic E-state index is 0.0199. The van der Waals surface area contributed by atoms with Crippen LogP contribution in [0.4, 0.5) is 0 Å². The van der Waals surface area contributed by atoms with Crippen LogP contribution in [0.25, 0.3) is 0 Å². The fraction of sp³-hybridized carbons (Fsp3) is 0.562. The molecule has 1 aliphatic rings. The van der Waals surface area contributed by atoms with E-state index in [1.165, 1.54) is 0 Å². The predicted octanol–water partition coefficient (Wildman–Crippen LogP) is 1.41. The molecule has 1 N–H and O–H groups in total. The molecule has 0 saturated carbocycles. The van der Waals surface area contributed by atoms with Gasteiger partial charge in [0.15, 0.2) is 0 Å². The maximum absolute atomic E-state index is 12.1. The van der Waals surface area contributed by atoms with Crippen molar-refractivity contribution in [3.05, 3.63) is 29.0 Å². The minimum atomic E-state index is -0.217. The van der Waals surface area contributed by atoms with Gasteiger partial charge in [-0.1, -0.05) is 11.6 Å². The second-order valence-corrected chi connectivity index (χ2v) is 6.24. The summed E-state index contributed by atoms with van der Waals surface area (Å²) in [6.07, 6.45) is 4.30. The van der Waals surface area contributed by atoms with E-state index in [1.54, 1.807) is 37.3 Å². The summed E-state index contributed by atoms with van der Waals surface area (Å²) in [7, 11) is 3.58. The summed E-state index contributed by atoms with van der Waals surface area (Å²) in [5, 5.41) is 3.05. The second kappa shape index (κ2) is 8.26. The Morgan fingerprint density at radius 3 is 2.96 bits per heavy atom. The third-order valence-corrected chi connectivity index (χ3v) is 4.30. The Kier molecular flexibility index (Phi) is 6.36. The van der Waals surface area contributed by atoms with Gasteiger partial charge in [0.2, 0.25) is 5.91 Å². The van der Waals surface area contributed by atoms with Crippen LogP contribution in [-0.2, 0) is 4.79 Å². The number of nitrogens with one attached hydrogen (secondary N) is 1. The van der Waals surface area contributed by atoms with Gasteiger partial charge < -0.3 is 10.2 Å². The van der Waals surface area contributed by atoms with E-state index in [4.69, 9.17) is 11.6 Å². The Labute approximate surface area is 141 Å². The maximum atomic E-state index is 12.1. The van der Waals surface area contributed by atoms with E-state index < -0.39 is 0 Å². The second-order valence-electron chi connectivity index (χ2n) is 5.88. The molecule has 126 valence electrons. The largest absolute Gasteiger partial charge is 0.352 e. The van der Waals surface area contributed by atoms with Gasteiger partial charge in [-0.05, 0) is 37.9 Å². The van der Waals surface area contributed by atoms with Crippen molar-refractivity contribution >= 4 is 23.4 Å². The summed E-state index contributed by atoms with van der Waals surface area (Å²) in [5.74, 6) is -0.0564. The molecule has 1 saturated heterocycles. The molecule has 1 fully saturated rings. The van der Waals surface area contributed by atoms with Crippen LogP contribution in [0.2, 0.25) is 5.15 Å². The van der Waals surface area contributed by atoms with Gasteiger partial charge in [-0.3, -0.25) is 14.5 Å². The highest BCUT2D eigenvalue weighted by Crippen LogP contribution is 2.18. The third-order valence-electron chi connectivity index (χ3n) is 4.00. The van der Waals surface area contributed by atoms with Gasteiger partial charge >= 0.3 is 0 Å². The molecular weight excluding hydrogens is 316 g/mol. The van der Waals surface area contributed by atoms with E-state index in [0.29, 0.717) is 12.1 Å². The van der Waals surface area contributed by atoms with Crippen molar-refractivity contribution in [1.29, 1.82) is 0 Å². The predicted molar refractivity (Wildman–Crippen MR) is 89.5 cm³/mol. The van der Waals surface area contributed by atoms with Crippen LogP contribution in [0.3, 0.4) is 0 Å². The number of carbonyl (C=O) groups is 2. The molecule has 1 aromatic rings. The topological polar surface area (TPSA) is 65.5 Å². The smallest absolute Gasteiger partial charge is 0.254 e. The lowest BCUT2D eigenvalue weighted by atomic mass is 10.2. The standard InChI is InChI=1S/C16H23ClN4O2/c1-20(2)16(23)13-7-4-10-21(13)11-5-9-19-15(22)12-6-3-8-18-14(12)17/h3,6,8,13H,4-5,7,9-11H2,1-2H3,(H,19,22). The molecular formula is C16H23ClN4O2. The van der Waals surface area contributed by atoms with Crippen LogP contribution in [0, 0.1) is 0 Å². The Morgan fingerprint density at radius 2 is 2.26 bits per heavy atom. The van der Waals surface area contributed by atoms with Crippen LogP contribution < -0.4 is 5.32 Å². The van der Waals surface area contributed by atoms with E-state index in [-0.39, 0.29) is 23.0 Å². The number of halogens is 1. The molecule has 6 nitrogen and oxygen atoms in total. The summed E-state index contributed by atoms with van der Waals surface area (Å²) in [6.45, 7) is 2.28. The highest BCUT2D eigenvalue weighted by Gasteiger charge is 2.30. The van der Waals surface area contributed by atoms with E-state index in [1.807, 2.05) is 0 Å². The average molecular weight is 339 g/mol. The fourth-order valence-electron chi connectivity index (χ4n) is 2.81. The van der Waals surface area contributed by atoms with Crippen LogP contribution in [0.15, 0.2) is 18.3 Å². The molecule has 0 bridgehead atoms. The highest BCUT2D eigenvalue weighted by atomic mass is 35.5. The van der Waals surface area contributed by atoms with E-state index >= 15 is 0 Å². The zero-order chi connectivity index (χ0) is 16.8. The summed E-state index contributed by atoms with van der Waals surface area (Å²) in [4.78, 5) is 31.9. The number of likely N-dealkylation sites (N-methyl/N-ethyl adjacent to an activating group) is 1. The molecule has 0 aromatic carbocycles. The molecule has 0 radical (unpaired) electrons. The first-order chi connectivity index (χ1) is 11.0. The molecule has 1 atom stereocenters. The summed E-state index contributed by atoms with van der Waals surface area (Å²) in [5.41, 5.74) is 0.385. The number of aromatic nitrogens is 1. The maximum Gasteiger partial charge on any atom is 0.254 e. The molecule has 0 spiro atoms. The zero-order valence-corrected chi connectivity index (χ0v) is 14.3. The number of hydrogen-bond acceptors (Lipinski definition) is 4. The third kappa shape index (κ3) is 4.65. The van der Waals surface area contributed by atoms with Gasteiger partial charge in [-0.25, -0.2) is 4.98 Å². The lowest BCUT2D eigenvalue weighted by molar-refractivity contribution is -0.133. The number of nitrogens with zero attached hydrogens (tertiary/aromatic N) is 3. The molecule has 2 amide bonds. The van der Waals surface area contributed by atoms with Gasteiger partial charge in [0.25, 0.3) is 5.91 Å². The monoisotopic (exact) mass is 338 g/mol. The van der Waals surface area contributed by atoms with E-state index in [0.717, 1.165) is 32.4 Å². The highest BCUT2D eigenvalue weighted by molar-refractivity contribution is 6.32. The number of amides is 2. The Balaban J connectivity index is 1.76. The zero-order valence-electron chi connectivity index (χ0n) is 13.6. The number of rotatable bonds is 6.